The molecule has 0 bridgehead atoms. The minimum atomic E-state index is 0.0926. The molecule has 0 saturated heterocycles. The molecule has 0 spiro atoms. The van der Waals surface area contributed by atoms with Crippen LogP contribution in [0.15, 0.2) is 0 Å². The zero-order valence-electron chi connectivity index (χ0n) is 12.3. The molecule has 18 heavy (non-hydrogen) atoms. The van der Waals surface area contributed by atoms with Gasteiger partial charge in [-0.1, -0.05) is 52.4 Å². The van der Waals surface area contributed by atoms with E-state index in [0.717, 1.165) is 6.61 Å². The first-order valence-corrected chi connectivity index (χ1v) is 7.61. The van der Waals surface area contributed by atoms with Crippen LogP contribution in [0, 0.1) is 5.92 Å². The maximum atomic E-state index is 8.54. The van der Waals surface area contributed by atoms with Crippen molar-refractivity contribution in [1.82, 2.24) is 0 Å². The van der Waals surface area contributed by atoms with Crippen molar-refractivity contribution in [1.29, 1.82) is 0 Å². The molecule has 0 saturated carbocycles. The summed E-state index contributed by atoms with van der Waals surface area (Å²) >= 11 is 0. The Balaban J connectivity index is 3.29. The number of hydrogen-bond acceptors (Lipinski definition) is 3. The van der Waals surface area contributed by atoms with Gasteiger partial charge in [-0.2, -0.15) is 0 Å². The summed E-state index contributed by atoms with van der Waals surface area (Å²) in [4.78, 5) is 0. The third-order valence-corrected chi connectivity index (χ3v) is 3.25. The Labute approximate surface area is 113 Å². The third-order valence-electron chi connectivity index (χ3n) is 3.25. The van der Waals surface area contributed by atoms with E-state index in [4.69, 9.17) is 14.6 Å². The summed E-state index contributed by atoms with van der Waals surface area (Å²) in [5, 5.41) is 8.54. The highest BCUT2D eigenvalue weighted by Gasteiger charge is 2.06. The highest BCUT2D eigenvalue weighted by Crippen LogP contribution is 2.15. The Bertz CT molecular complexity index is 151. The monoisotopic (exact) mass is 260 g/mol. The quantitative estimate of drug-likeness (QED) is 0.486. The summed E-state index contributed by atoms with van der Waals surface area (Å²) in [6.07, 6.45) is 9.25. The van der Waals surface area contributed by atoms with E-state index in [1.165, 1.54) is 44.9 Å². The predicted octanol–water partition coefficient (Wildman–Crippen LogP) is 3.40. The SMILES string of the molecule is CCCCCCCC(CC)COCCOCCO. The molecule has 0 aliphatic rings. The second kappa shape index (κ2) is 14.9. The molecule has 0 aromatic carbocycles. The van der Waals surface area contributed by atoms with Gasteiger partial charge in [0.05, 0.1) is 26.4 Å². The second-order valence-electron chi connectivity index (χ2n) is 4.89. The minimum absolute atomic E-state index is 0.0926. The van der Waals surface area contributed by atoms with Gasteiger partial charge < -0.3 is 14.6 Å². The van der Waals surface area contributed by atoms with Crippen molar-refractivity contribution >= 4 is 0 Å². The summed E-state index contributed by atoms with van der Waals surface area (Å²) in [5.41, 5.74) is 0. The second-order valence-corrected chi connectivity index (χ2v) is 4.89. The number of aliphatic hydroxyl groups is 1. The largest absolute Gasteiger partial charge is 0.394 e. The Morgan fingerprint density at radius 1 is 0.889 bits per heavy atom. The van der Waals surface area contributed by atoms with Gasteiger partial charge in [0.25, 0.3) is 0 Å². The van der Waals surface area contributed by atoms with Crippen LogP contribution in [-0.4, -0.2) is 38.1 Å². The van der Waals surface area contributed by atoms with Gasteiger partial charge in [-0.15, -0.1) is 0 Å². The molecule has 0 aliphatic carbocycles. The van der Waals surface area contributed by atoms with Crippen molar-refractivity contribution in [3.05, 3.63) is 0 Å². The van der Waals surface area contributed by atoms with Crippen molar-refractivity contribution in [3.63, 3.8) is 0 Å². The Hall–Kier alpha value is -0.120. The van der Waals surface area contributed by atoms with E-state index in [9.17, 15) is 0 Å². The van der Waals surface area contributed by atoms with E-state index >= 15 is 0 Å². The molecule has 1 unspecified atom stereocenters. The molecule has 0 heterocycles. The molecule has 3 nitrogen and oxygen atoms in total. The molecule has 0 rings (SSSR count). The Morgan fingerprint density at radius 2 is 1.61 bits per heavy atom. The van der Waals surface area contributed by atoms with Crippen molar-refractivity contribution in [2.75, 3.05) is 33.0 Å². The van der Waals surface area contributed by atoms with Crippen LogP contribution in [0.1, 0.15) is 58.8 Å². The first-order chi connectivity index (χ1) is 8.85. The van der Waals surface area contributed by atoms with Crippen LogP contribution in [-0.2, 0) is 9.47 Å². The van der Waals surface area contributed by atoms with Crippen LogP contribution in [0.2, 0.25) is 0 Å². The zero-order chi connectivity index (χ0) is 13.5. The number of hydrogen-bond donors (Lipinski definition) is 1. The molecule has 1 atom stereocenters. The standard InChI is InChI=1S/C15H32O3/c1-3-5-6-7-8-9-15(4-2)14-18-13-12-17-11-10-16/h15-16H,3-14H2,1-2H3. The molecule has 0 radical (unpaired) electrons. The molecule has 0 aromatic heterocycles. The molecule has 110 valence electrons. The lowest BCUT2D eigenvalue weighted by atomic mass is 9.99. The highest BCUT2D eigenvalue weighted by atomic mass is 16.5. The van der Waals surface area contributed by atoms with Crippen molar-refractivity contribution in [2.45, 2.75) is 58.8 Å². The van der Waals surface area contributed by atoms with E-state index in [1.807, 2.05) is 0 Å². The van der Waals surface area contributed by atoms with Crippen LogP contribution in [0.5, 0.6) is 0 Å². The van der Waals surface area contributed by atoms with Gasteiger partial charge in [-0.25, -0.2) is 0 Å². The van der Waals surface area contributed by atoms with Crippen molar-refractivity contribution in [2.24, 2.45) is 5.92 Å². The summed E-state index contributed by atoms with van der Waals surface area (Å²) < 4.78 is 10.8. The van der Waals surface area contributed by atoms with E-state index in [0.29, 0.717) is 25.7 Å². The zero-order valence-corrected chi connectivity index (χ0v) is 12.3. The first-order valence-electron chi connectivity index (χ1n) is 7.61. The van der Waals surface area contributed by atoms with Gasteiger partial charge in [0, 0.05) is 6.61 Å². The fraction of sp³-hybridized carbons (Fsp3) is 1.00. The summed E-state index contributed by atoms with van der Waals surface area (Å²) in [6, 6.07) is 0. The summed E-state index contributed by atoms with van der Waals surface area (Å²) in [7, 11) is 0. The molecule has 0 aromatic rings. The van der Waals surface area contributed by atoms with Gasteiger partial charge in [-0.3, -0.25) is 0 Å². The molecule has 1 N–H and O–H groups in total. The van der Waals surface area contributed by atoms with Crippen LogP contribution in [0.4, 0.5) is 0 Å². The van der Waals surface area contributed by atoms with Gasteiger partial charge >= 0.3 is 0 Å². The van der Waals surface area contributed by atoms with E-state index in [2.05, 4.69) is 13.8 Å². The molecule has 0 aliphatic heterocycles. The van der Waals surface area contributed by atoms with Crippen LogP contribution < -0.4 is 0 Å². The fourth-order valence-electron chi connectivity index (χ4n) is 1.98. The lowest BCUT2D eigenvalue weighted by Gasteiger charge is -2.15. The third kappa shape index (κ3) is 12.3. The van der Waals surface area contributed by atoms with Gasteiger partial charge in [0.15, 0.2) is 0 Å². The maximum Gasteiger partial charge on any atom is 0.0701 e. The minimum Gasteiger partial charge on any atom is -0.394 e. The molecule has 3 heteroatoms. The summed E-state index contributed by atoms with van der Waals surface area (Å²) in [5.74, 6) is 0.699. The number of aliphatic hydroxyl groups excluding tert-OH is 1. The molecule has 0 fully saturated rings. The lowest BCUT2D eigenvalue weighted by Crippen LogP contribution is -2.13. The van der Waals surface area contributed by atoms with Gasteiger partial charge in [-0.05, 0) is 12.3 Å². The average Bonchev–Trinajstić information content (AvgIpc) is 2.40. The van der Waals surface area contributed by atoms with Gasteiger partial charge in [0.1, 0.15) is 0 Å². The number of ether oxygens (including phenoxy) is 2. The molecular formula is C15H32O3. The average molecular weight is 260 g/mol. The predicted molar refractivity (Wildman–Crippen MR) is 75.9 cm³/mol. The smallest absolute Gasteiger partial charge is 0.0701 e. The van der Waals surface area contributed by atoms with Crippen molar-refractivity contribution in [3.8, 4) is 0 Å². The first kappa shape index (κ1) is 17.9. The van der Waals surface area contributed by atoms with E-state index in [-0.39, 0.29) is 6.61 Å². The molecule has 0 amide bonds. The lowest BCUT2D eigenvalue weighted by molar-refractivity contribution is 0.0203. The van der Waals surface area contributed by atoms with Gasteiger partial charge in [0.2, 0.25) is 0 Å². The normalized spacial score (nSPS) is 12.8. The van der Waals surface area contributed by atoms with Crippen LogP contribution in [0.25, 0.3) is 0 Å². The fourth-order valence-corrected chi connectivity index (χ4v) is 1.98. The van der Waals surface area contributed by atoms with Crippen LogP contribution >= 0.6 is 0 Å². The summed E-state index contributed by atoms with van der Waals surface area (Å²) in [6.45, 7) is 7.09. The number of unbranched alkanes of at least 4 members (excludes halogenated alkanes) is 4. The topological polar surface area (TPSA) is 38.7 Å². The Morgan fingerprint density at radius 3 is 2.28 bits per heavy atom. The Kier molecular flexibility index (Phi) is 14.8. The number of rotatable bonds is 14. The highest BCUT2D eigenvalue weighted by molar-refractivity contribution is 4.57. The maximum absolute atomic E-state index is 8.54. The van der Waals surface area contributed by atoms with Crippen molar-refractivity contribution < 1.29 is 14.6 Å². The van der Waals surface area contributed by atoms with E-state index in [1.54, 1.807) is 0 Å². The van der Waals surface area contributed by atoms with E-state index < -0.39 is 0 Å². The van der Waals surface area contributed by atoms with Crippen LogP contribution in [0.3, 0.4) is 0 Å². The molecular weight excluding hydrogens is 228 g/mol.